The van der Waals surface area contributed by atoms with Crippen LogP contribution in [0, 0.1) is 5.82 Å². The number of esters is 1. The number of benzene rings is 2. The predicted octanol–water partition coefficient (Wildman–Crippen LogP) is 2.70. The van der Waals surface area contributed by atoms with Gasteiger partial charge in [0.05, 0.1) is 11.5 Å². The highest BCUT2D eigenvalue weighted by Gasteiger charge is 2.13. The van der Waals surface area contributed by atoms with Crippen LogP contribution in [0.15, 0.2) is 54.6 Å². The van der Waals surface area contributed by atoms with Crippen LogP contribution in [0.25, 0.3) is 0 Å². The molecule has 2 rings (SSSR count). The predicted molar refractivity (Wildman–Crippen MR) is 106 cm³/mol. The Labute approximate surface area is 167 Å². The lowest BCUT2D eigenvalue weighted by Gasteiger charge is -2.17. The first kappa shape index (κ1) is 21.4. The van der Waals surface area contributed by atoms with E-state index < -0.39 is 5.97 Å². The SMILES string of the molecule is CN(Cc1ccccc1)C(=O)COC(=O)CSCC(=O)Nc1ccc(F)cc1. The number of carbonyl (C=O) groups excluding carboxylic acids is 3. The maximum Gasteiger partial charge on any atom is 0.316 e. The van der Waals surface area contributed by atoms with E-state index >= 15 is 0 Å². The van der Waals surface area contributed by atoms with Gasteiger partial charge >= 0.3 is 5.97 Å². The minimum absolute atomic E-state index is 0.0360. The molecule has 2 amide bonds. The van der Waals surface area contributed by atoms with E-state index in [0.717, 1.165) is 17.3 Å². The Morgan fingerprint density at radius 1 is 1.04 bits per heavy atom. The molecule has 0 aliphatic rings. The Balaban J connectivity index is 1.62. The molecule has 2 aromatic rings. The van der Waals surface area contributed by atoms with Gasteiger partial charge in [0.2, 0.25) is 5.91 Å². The standard InChI is InChI=1S/C20H21FN2O4S/c1-23(11-15-5-3-2-4-6-15)19(25)12-27-20(26)14-28-13-18(24)22-17-9-7-16(21)8-10-17/h2-10H,11-14H2,1H3,(H,22,24). The van der Waals surface area contributed by atoms with E-state index in [4.69, 9.17) is 4.74 Å². The van der Waals surface area contributed by atoms with Gasteiger partial charge in [-0.15, -0.1) is 11.8 Å². The average Bonchev–Trinajstić information content (AvgIpc) is 2.68. The van der Waals surface area contributed by atoms with Crippen molar-refractivity contribution < 1.29 is 23.5 Å². The molecular formula is C20H21FN2O4S. The maximum atomic E-state index is 12.8. The summed E-state index contributed by atoms with van der Waals surface area (Å²) < 4.78 is 17.8. The van der Waals surface area contributed by atoms with E-state index in [-0.39, 0.29) is 35.7 Å². The third-order valence-electron chi connectivity index (χ3n) is 3.63. The molecule has 6 nitrogen and oxygen atoms in total. The lowest BCUT2D eigenvalue weighted by Crippen LogP contribution is -2.31. The number of carbonyl (C=O) groups is 3. The van der Waals surface area contributed by atoms with Crippen molar-refractivity contribution in [1.29, 1.82) is 0 Å². The number of halogens is 1. The second-order valence-corrected chi connectivity index (χ2v) is 6.93. The highest BCUT2D eigenvalue weighted by Crippen LogP contribution is 2.10. The van der Waals surface area contributed by atoms with Crippen LogP contribution < -0.4 is 5.32 Å². The van der Waals surface area contributed by atoms with Gasteiger partial charge in [0.1, 0.15) is 5.82 Å². The van der Waals surface area contributed by atoms with Crippen molar-refractivity contribution in [2.24, 2.45) is 0 Å². The summed E-state index contributed by atoms with van der Waals surface area (Å²) in [6, 6.07) is 14.9. The molecule has 0 aliphatic heterocycles. The Hall–Kier alpha value is -2.87. The van der Waals surface area contributed by atoms with Crippen molar-refractivity contribution in [2.75, 3.05) is 30.5 Å². The third kappa shape index (κ3) is 7.79. The normalized spacial score (nSPS) is 10.2. The van der Waals surface area contributed by atoms with Gasteiger partial charge in [0.15, 0.2) is 6.61 Å². The zero-order chi connectivity index (χ0) is 20.4. The number of anilines is 1. The van der Waals surface area contributed by atoms with Gasteiger partial charge in [-0.05, 0) is 29.8 Å². The quantitative estimate of drug-likeness (QED) is 0.651. The van der Waals surface area contributed by atoms with E-state index in [1.165, 1.54) is 29.2 Å². The van der Waals surface area contributed by atoms with Gasteiger partial charge in [-0.2, -0.15) is 0 Å². The van der Waals surface area contributed by atoms with Crippen LogP contribution in [0.5, 0.6) is 0 Å². The summed E-state index contributed by atoms with van der Waals surface area (Å²) in [4.78, 5) is 37.0. The summed E-state index contributed by atoms with van der Waals surface area (Å²) in [6.07, 6.45) is 0. The molecule has 0 saturated heterocycles. The molecule has 0 radical (unpaired) electrons. The van der Waals surface area contributed by atoms with Crippen LogP contribution in [0.4, 0.5) is 10.1 Å². The van der Waals surface area contributed by atoms with Crippen LogP contribution in [0.2, 0.25) is 0 Å². The van der Waals surface area contributed by atoms with Gasteiger partial charge in [0.25, 0.3) is 5.91 Å². The highest BCUT2D eigenvalue weighted by molar-refractivity contribution is 8.00. The molecule has 28 heavy (non-hydrogen) atoms. The minimum atomic E-state index is -0.568. The van der Waals surface area contributed by atoms with Crippen molar-refractivity contribution in [3.63, 3.8) is 0 Å². The molecule has 0 bridgehead atoms. The second kappa shape index (κ2) is 11.1. The molecular weight excluding hydrogens is 383 g/mol. The second-order valence-electron chi connectivity index (χ2n) is 5.94. The van der Waals surface area contributed by atoms with Crippen LogP contribution in [-0.4, -0.2) is 47.8 Å². The van der Waals surface area contributed by atoms with Crippen LogP contribution >= 0.6 is 11.8 Å². The Kier molecular flexibility index (Phi) is 8.48. The smallest absolute Gasteiger partial charge is 0.316 e. The largest absolute Gasteiger partial charge is 0.455 e. The first-order valence-electron chi connectivity index (χ1n) is 8.50. The van der Waals surface area contributed by atoms with Crippen LogP contribution in [-0.2, 0) is 25.7 Å². The number of likely N-dealkylation sites (N-methyl/N-ethyl adjacent to an activating group) is 1. The summed E-state index contributed by atoms with van der Waals surface area (Å²) >= 11 is 1.07. The number of amides is 2. The van der Waals surface area contributed by atoms with Gasteiger partial charge in [-0.25, -0.2) is 4.39 Å². The van der Waals surface area contributed by atoms with Gasteiger partial charge in [0, 0.05) is 19.3 Å². The molecule has 0 heterocycles. The molecule has 1 N–H and O–H groups in total. The van der Waals surface area contributed by atoms with Gasteiger partial charge < -0.3 is 15.0 Å². The van der Waals surface area contributed by atoms with Crippen LogP contribution in [0.3, 0.4) is 0 Å². The van der Waals surface area contributed by atoms with Crippen LogP contribution in [0.1, 0.15) is 5.56 Å². The number of nitrogens with zero attached hydrogens (tertiary/aromatic N) is 1. The summed E-state index contributed by atoms with van der Waals surface area (Å²) in [5, 5.41) is 2.59. The summed E-state index contributed by atoms with van der Waals surface area (Å²) in [5.74, 6) is -1.60. The van der Waals surface area contributed by atoms with Crippen molar-refractivity contribution in [2.45, 2.75) is 6.54 Å². The Morgan fingerprint density at radius 2 is 1.71 bits per heavy atom. The van der Waals surface area contributed by atoms with E-state index in [9.17, 15) is 18.8 Å². The highest BCUT2D eigenvalue weighted by atomic mass is 32.2. The number of hydrogen-bond donors (Lipinski definition) is 1. The van der Waals surface area contributed by atoms with Crippen molar-refractivity contribution in [1.82, 2.24) is 4.90 Å². The molecule has 148 valence electrons. The number of ether oxygens (including phenoxy) is 1. The lowest BCUT2D eigenvalue weighted by molar-refractivity contribution is -0.149. The zero-order valence-corrected chi connectivity index (χ0v) is 16.2. The fourth-order valence-corrected chi connectivity index (χ4v) is 2.81. The van der Waals surface area contributed by atoms with E-state index in [1.54, 1.807) is 7.05 Å². The number of rotatable bonds is 9. The molecule has 2 aromatic carbocycles. The fourth-order valence-electron chi connectivity index (χ4n) is 2.20. The zero-order valence-electron chi connectivity index (χ0n) is 15.4. The first-order chi connectivity index (χ1) is 13.4. The average molecular weight is 404 g/mol. The summed E-state index contributed by atoms with van der Waals surface area (Å²) in [7, 11) is 1.64. The molecule has 8 heteroatoms. The topological polar surface area (TPSA) is 75.7 Å². The van der Waals surface area contributed by atoms with E-state index in [2.05, 4.69) is 5.32 Å². The number of hydrogen-bond acceptors (Lipinski definition) is 5. The van der Waals surface area contributed by atoms with E-state index in [1.807, 2.05) is 30.3 Å². The van der Waals surface area contributed by atoms with Gasteiger partial charge in [-0.3, -0.25) is 14.4 Å². The molecule has 0 unspecified atom stereocenters. The van der Waals surface area contributed by atoms with E-state index in [0.29, 0.717) is 12.2 Å². The van der Waals surface area contributed by atoms with Crippen molar-refractivity contribution in [3.05, 3.63) is 66.0 Å². The summed E-state index contributed by atoms with van der Waals surface area (Å²) in [6.45, 7) is 0.0834. The molecule has 0 fully saturated rings. The third-order valence-corrected chi connectivity index (χ3v) is 4.53. The van der Waals surface area contributed by atoms with Crippen molar-refractivity contribution >= 4 is 35.2 Å². The number of nitrogens with one attached hydrogen (secondary N) is 1. The van der Waals surface area contributed by atoms with Gasteiger partial charge in [-0.1, -0.05) is 30.3 Å². The maximum absolute atomic E-state index is 12.8. The molecule has 0 aliphatic carbocycles. The molecule has 0 aromatic heterocycles. The summed E-state index contributed by atoms with van der Waals surface area (Å²) in [5.41, 5.74) is 1.45. The fraction of sp³-hybridized carbons (Fsp3) is 0.250. The van der Waals surface area contributed by atoms with Crippen molar-refractivity contribution in [3.8, 4) is 0 Å². The lowest BCUT2D eigenvalue weighted by atomic mass is 10.2. The number of thioether (sulfide) groups is 1. The first-order valence-corrected chi connectivity index (χ1v) is 9.66. The molecule has 0 atom stereocenters. The monoisotopic (exact) mass is 404 g/mol. The minimum Gasteiger partial charge on any atom is -0.455 e. The molecule has 0 saturated carbocycles. The Bertz CT molecular complexity index is 800. The Morgan fingerprint density at radius 3 is 2.39 bits per heavy atom. The molecule has 0 spiro atoms.